The van der Waals surface area contributed by atoms with E-state index in [2.05, 4.69) is 10.1 Å². The molecule has 0 saturated carbocycles. The Kier molecular flexibility index (Phi) is 7.92. The topological polar surface area (TPSA) is 79.2 Å². The smallest absolute Gasteiger partial charge is 0.416 e. The second kappa shape index (κ2) is 9.67. The number of nitriles is 1. The van der Waals surface area contributed by atoms with Gasteiger partial charge in [0.25, 0.3) is 0 Å². The fourth-order valence-corrected chi connectivity index (χ4v) is 2.23. The number of esters is 1. The minimum atomic E-state index is -4.48. The molecule has 1 atom stereocenters. The van der Waals surface area contributed by atoms with Crippen LogP contribution < -0.4 is 5.32 Å². The van der Waals surface area contributed by atoms with Crippen LogP contribution in [0, 0.1) is 11.3 Å². The van der Waals surface area contributed by atoms with Gasteiger partial charge in [-0.05, 0) is 30.9 Å². The van der Waals surface area contributed by atoms with Crippen molar-refractivity contribution in [3.63, 3.8) is 0 Å². The molecule has 0 bridgehead atoms. The number of unbranched alkanes of at least 4 members (excludes halogenated alkanes) is 2. The van der Waals surface area contributed by atoms with Crippen LogP contribution in [0.4, 0.5) is 13.2 Å². The molecule has 1 amide bonds. The van der Waals surface area contributed by atoms with Gasteiger partial charge in [-0.3, -0.25) is 4.79 Å². The van der Waals surface area contributed by atoms with Crippen molar-refractivity contribution in [1.29, 1.82) is 5.26 Å². The van der Waals surface area contributed by atoms with Crippen LogP contribution in [0.5, 0.6) is 0 Å². The molecule has 0 spiro atoms. The van der Waals surface area contributed by atoms with Crippen LogP contribution >= 0.6 is 0 Å². The Balaban J connectivity index is 2.68. The van der Waals surface area contributed by atoms with Crippen molar-refractivity contribution >= 4 is 11.9 Å². The lowest BCUT2D eigenvalue weighted by molar-refractivity contribution is -0.145. The number of rotatable bonds is 8. The van der Waals surface area contributed by atoms with Crippen molar-refractivity contribution in [3.8, 4) is 6.07 Å². The number of ether oxygens (including phenoxy) is 1. The monoisotopic (exact) mass is 356 g/mol. The van der Waals surface area contributed by atoms with Crippen LogP contribution in [0.2, 0.25) is 0 Å². The van der Waals surface area contributed by atoms with Crippen molar-refractivity contribution < 1.29 is 27.5 Å². The molecule has 1 aromatic rings. The molecule has 0 aliphatic heterocycles. The van der Waals surface area contributed by atoms with Crippen molar-refractivity contribution in [1.82, 2.24) is 5.32 Å². The highest BCUT2D eigenvalue weighted by atomic mass is 19.4. The molecule has 136 valence electrons. The minimum Gasteiger partial charge on any atom is -0.467 e. The number of nitrogens with zero attached hydrogens (tertiary/aromatic N) is 1. The third-order valence-corrected chi connectivity index (χ3v) is 3.47. The molecule has 0 aliphatic rings. The number of amides is 1. The molecule has 0 aliphatic carbocycles. The SMILES string of the molecule is COC(=O)[C@@H](CCCCC#N)NC(=O)Cc1cccc(C(F)(F)F)c1. The Hall–Kier alpha value is -2.56. The van der Waals surface area contributed by atoms with Crippen molar-refractivity contribution in [2.45, 2.75) is 44.3 Å². The third-order valence-electron chi connectivity index (χ3n) is 3.47. The molecular formula is C17H19F3N2O3. The van der Waals surface area contributed by atoms with Gasteiger partial charge in [-0.25, -0.2) is 4.79 Å². The predicted octanol–water partition coefficient (Wildman–Crippen LogP) is 2.99. The van der Waals surface area contributed by atoms with E-state index >= 15 is 0 Å². The fraction of sp³-hybridized carbons (Fsp3) is 0.471. The Morgan fingerprint density at radius 2 is 2.04 bits per heavy atom. The number of methoxy groups -OCH3 is 1. The molecule has 0 radical (unpaired) electrons. The van der Waals surface area contributed by atoms with Crippen LogP contribution in [0.3, 0.4) is 0 Å². The first kappa shape index (κ1) is 20.5. The van der Waals surface area contributed by atoms with Gasteiger partial charge in [0.05, 0.1) is 25.2 Å². The van der Waals surface area contributed by atoms with Crippen LogP contribution in [0.1, 0.15) is 36.8 Å². The van der Waals surface area contributed by atoms with Crippen molar-refractivity contribution in [2.24, 2.45) is 0 Å². The summed E-state index contributed by atoms with van der Waals surface area (Å²) in [6.45, 7) is 0. The Bertz CT molecular complexity index is 639. The number of hydrogen-bond donors (Lipinski definition) is 1. The van der Waals surface area contributed by atoms with E-state index in [0.717, 1.165) is 12.1 Å². The number of hydrogen-bond acceptors (Lipinski definition) is 4. The summed E-state index contributed by atoms with van der Waals surface area (Å²) < 4.78 is 42.7. The molecule has 1 rings (SSSR count). The summed E-state index contributed by atoms with van der Waals surface area (Å²) in [5.74, 6) is -1.20. The molecule has 0 unspecified atom stereocenters. The molecule has 5 nitrogen and oxygen atoms in total. The van der Waals surface area contributed by atoms with E-state index in [0.29, 0.717) is 25.7 Å². The largest absolute Gasteiger partial charge is 0.467 e. The maximum Gasteiger partial charge on any atom is 0.416 e. The van der Waals surface area contributed by atoms with E-state index in [1.807, 2.05) is 6.07 Å². The average molecular weight is 356 g/mol. The van der Waals surface area contributed by atoms with Crippen LogP contribution in [0.25, 0.3) is 0 Å². The molecule has 0 heterocycles. The zero-order valence-electron chi connectivity index (χ0n) is 13.7. The van der Waals surface area contributed by atoms with Crippen molar-refractivity contribution in [2.75, 3.05) is 7.11 Å². The van der Waals surface area contributed by atoms with Gasteiger partial charge in [0, 0.05) is 6.42 Å². The summed E-state index contributed by atoms with van der Waals surface area (Å²) in [5.41, 5.74) is -0.640. The van der Waals surface area contributed by atoms with E-state index in [1.165, 1.54) is 19.2 Å². The normalized spacial score (nSPS) is 12.1. The molecule has 1 aromatic carbocycles. The lowest BCUT2D eigenvalue weighted by atomic mass is 10.1. The van der Waals surface area contributed by atoms with Gasteiger partial charge in [-0.2, -0.15) is 18.4 Å². The van der Waals surface area contributed by atoms with Gasteiger partial charge in [-0.15, -0.1) is 0 Å². The number of benzene rings is 1. The number of carbonyl (C=O) groups excluding carboxylic acids is 2. The molecule has 0 saturated heterocycles. The first-order valence-corrected chi connectivity index (χ1v) is 7.68. The zero-order valence-corrected chi connectivity index (χ0v) is 13.7. The highest BCUT2D eigenvalue weighted by Gasteiger charge is 2.30. The van der Waals surface area contributed by atoms with Crippen molar-refractivity contribution in [3.05, 3.63) is 35.4 Å². The van der Waals surface area contributed by atoms with Crippen LogP contribution in [-0.4, -0.2) is 25.0 Å². The molecule has 0 aromatic heterocycles. The summed E-state index contributed by atoms with van der Waals surface area (Å²) in [4.78, 5) is 23.7. The van der Waals surface area contributed by atoms with Gasteiger partial charge >= 0.3 is 12.1 Å². The van der Waals surface area contributed by atoms with Gasteiger partial charge in [0.15, 0.2) is 0 Å². The van der Waals surface area contributed by atoms with Gasteiger partial charge in [-0.1, -0.05) is 18.2 Å². The highest BCUT2D eigenvalue weighted by molar-refractivity contribution is 5.85. The van der Waals surface area contributed by atoms with E-state index in [-0.39, 0.29) is 12.0 Å². The lowest BCUT2D eigenvalue weighted by Crippen LogP contribution is -2.42. The Morgan fingerprint density at radius 3 is 2.64 bits per heavy atom. The summed E-state index contributed by atoms with van der Waals surface area (Å²) >= 11 is 0. The van der Waals surface area contributed by atoms with E-state index in [4.69, 9.17) is 5.26 Å². The molecule has 8 heteroatoms. The molecule has 1 N–H and O–H groups in total. The second-order valence-corrected chi connectivity index (χ2v) is 5.42. The minimum absolute atomic E-state index is 0.195. The maximum atomic E-state index is 12.7. The van der Waals surface area contributed by atoms with Crippen LogP contribution in [-0.2, 0) is 26.9 Å². The molecular weight excluding hydrogens is 337 g/mol. The Labute approximate surface area is 143 Å². The summed E-state index contributed by atoms with van der Waals surface area (Å²) in [6.07, 6.45) is -3.02. The first-order valence-electron chi connectivity index (χ1n) is 7.68. The second-order valence-electron chi connectivity index (χ2n) is 5.42. The molecule has 0 fully saturated rings. The fourth-order valence-electron chi connectivity index (χ4n) is 2.23. The zero-order chi connectivity index (χ0) is 18.9. The number of alkyl halides is 3. The van der Waals surface area contributed by atoms with E-state index in [1.54, 1.807) is 0 Å². The van der Waals surface area contributed by atoms with Gasteiger partial charge in [0.1, 0.15) is 6.04 Å². The number of halogens is 3. The summed E-state index contributed by atoms with van der Waals surface area (Å²) in [7, 11) is 1.18. The first-order chi connectivity index (χ1) is 11.8. The quantitative estimate of drug-likeness (QED) is 0.574. The predicted molar refractivity (Wildman–Crippen MR) is 83.2 cm³/mol. The van der Waals surface area contributed by atoms with Gasteiger partial charge < -0.3 is 10.1 Å². The highest BCUT2D eigenvalue weighted by Crippen LogP contribution is 2.29. The third kappa shape index (κ3) is 7.25. The standard InChI is InChI=1S/C17H19F3N2O3/c1-25-16(24)14(8-3-2-4-9-21)22-15(23)11-12-6-5-7-13(10-12)17(18,19)20/h5-7,10,14H,2-4,8,11H2,1H3,(H,22,23)/t14-/m1/s1. The maximum absolute atomic E-state index is 12.7. The van der Waals surface area contributed by atoms with Gasteiger partial charge in [0.2, 0.25) is 5.91 Å². The van der Waals surface area contributed by atoms with E-state index in [9.17, 15) is 22.8 Å². The van der Waals surface area contributed by atoms with Crippen LogP contribution in [0.15, 0.2) is 24.3 Å². The number of carbonyl (C=O) groups is 2. The lowest BCUT2D eigenvalue weighted by Gasteiger charge is -2.16. The molecule has 25 heavy (non-hydrogen) atoms. The summed E-state index contributed by atoms with van der Waals surface area (Å²) in [6, 6.07) is 5.56. The Morgan fingerprint density at radius 1 is 1.32 bits per heavy atom. The van der Waals surface area contributed by atoms with E-state index < -0.39 is 29.7 Å². The number of nitrogens with one attached hydrogen (secondary N) is 1. The average Bonchev–Trinajstić information content (AvgIpc) is 2.56. The summed E-state index contributed by atoms with van der Waals surface area (Å²) in [5, 5.41) is 11.0.